The van der Waals surface area contributed by atoms with Crippen molar-refractivity contribution in [1.29, 1.82) is 0 Å². The van der Waals surface area contributed by atoms with Crippen molar-refractivity contribution in [2.24, 2.45) is 5.41 Å². The second kappa shape index (κ2) is 8.29. The first-order valence-electron chi connectivity index (χ1n) is 11.0. The van der Waals surface area contributed by atoms with Crippen molar-refractivity contribution >= 4 is 28.5 Å². The van der Waals surface area contributed by atoms with Gasteiger partial charge in [0.2, 0.25) is 0 Å². The first-order chi connectivity index (χ1) is 15.8. The van der Waals surface area contributed by atoms with E-state index in [1.807, 2.05) is 4.57 Å². The number of ether oxygens (including phenoxy) is 1. The van der Waals surface area contributed by atoms with Gasteiger partial charge in [-0.3, -0.25) is 4.79 Å². The van der Waals surface area contributed by atoms with Crippen LogP contribution in [-0.2, 0) is 9.53 Å². The zero-order chi connectivity index (χ0) is 23.3. The lowest BCUT2D eigenvalue weighted by Crippen LogP contribution is -2.44. The molecule has 1 aliphatic carbocycles. The van der Waals surface area contributed by atoms with Crippen LogP contribution in [0.4, 0.5) is 8.78 Å². The van der Waals surface area contributed by atoms with Crippen molar-refractivity contribution in [2.45, 2.75) is 37.5 Å². The molecule has 2 heterocycles. The molecular weight excluding hydrogens is 452 g/mol. The lowest BCUT2D eigenvalue weighted by atomic mass is 9.59. The number of aliphatic carboxylic acids is 1. The number of aromatic nitrogens is 1. The van der Waals surface area contributed by atoms with E-state index in [1.54, 1.807) is 30.3 Å². The molecule has 2 N–H and O–H groups in total. The van der Waals surface area contributed by atoms with Gasteiger partial charge < -0.3 is 19.5 Å². The second-order valence-electron chi connectivity index (χ2n) is 9.15. The number of hydrogen-bond donors (Lipinski definition) is 2. The lowest BCUT2D eigenvalue weighted by Gasteiger charge is -2.43. The predicted octanol–water partition coefficient (Wildman–Crippen LogP) is 5.94. The van der Waals surface area contributed by atoms with Crippen LogP contribution in [-0.4, -0.2) is 40.6 Å². The van der Waals surface area contributed by atoms with Crippen molar-refractivity contribution < 1.29 is 28.5 Å². The predicted molar refractivity (Wildman–Crippen MR) is 121 cm³/mol. The summed E-state index contributed by atoms with van der Waals surface area (Å²) in [5.74, 6) is -1.61. The maximum Gasteiger partial charge on any atom is 0.312 e. The number of fused-ring (bicyclic) bond motifs is 1. The molecule has 0 unspecified atom stereocenters. The summed E-state index contributed by atoms with van der Waals surface area (Å²) >= 11 is 6.12. The number of aromatic hydroxyl groups is 1. The van der Waals surface area contributed by atoms with Crippen LogP contribution in [0.25, 0.3) is 16.6 Å². The van der Waals surface area contributed by atoms with Crippen LogP contribution >= 0.6 is 11.6 Å². The maximum absolute atomic E-state index is 14.0. The van der Waals surface area contributed by atoms with Crippen LogP contribution in [0, 0.1) is 11.2 Å². The minimum Gasteiger partial charge on any atom is -0.508 e. The number of halogens is 3. The van der Waals surface area contributed by atoms with Crippen molar-refractivity contribution in [3.05, 3.63) is 58.5 Å². The zero-order valence-corrected chi connectivity index (χ0v) is 18.6. The van der Waals surface area contributed by atoms with Gasteiger partial charge in [-0.15, -0.1) is 0 Å². The van der Waals surface area contributed by atoms with Gasteiger partial charge in [0.15, 0.2) is 0 Å². The van der Waals surface area contributed by atoms with Crippen LogP contribution < -0.4 is 0 Å². The first kappa shape index (κ1) is 22.2. The lowest BCUT2D eigenvalue weighted by molar-refractivity contribution is -0.157. The van der Waals surface area contributed by atoms with E-state index in [2.05, 4.69) is 0 Å². The molecule has 2 aromatic carbocycles. The Morgan fingerprint density at radius 1 is 1.15 bits per heavy atom. The number of benzene rings is 2. The van der Waals surface area contributed by atoms with Crippen molar-refractivity contribution in [3.8, 4) is 11.4 Å². The number of carboxylic acids is 1. The Kier molecular flexibility index (Phi) is 5.57. The Hall–Kier alpha value is -2.64. The molecule has 1 saturated heterocycles. The summed E-state index contributed by atoms with van der Waals surface area (Å²) < 4.78 is 35.3. The highest BCUT2D eigenvalue weighted by Crippen LogP contribution is 2.56. The van der Waals surface area contributed by atoms with Crippen molar-refractivity contribution in [1.82, 2.24) is 4.57 Å². The monoisotopic (exact) mass is 475 g/mol. The standard InChI is InChI=1S/C25H24ClF2NO4/c26-19-9-16(1-3-20(19)28)29-21-4-2-17(30)10-18(21)22(23(29)14-5-7-33-8-6-14)15-11-25(12-15,13-27)24(31)32/h1-4,9-10,14-15,30H,5-8,11-13H2,(H,31,32). The van der Waals surface area contributed by atoms with Crippen molar-refractivity contribution in [3.63, 3.8) is 0 Å². The summed E-state index contributed by atoms with van der Waals surface area (Å²) in [5.41, 5.74) is 2.02. The van der Waals surface area contributed by atoms with Crippen LogP contribution in [0.15, 0.2) is 36.4 Å². The molecule has 174 valence electrons. The van der Waals surface area contributed by atoms with Crippen LogP contribution in [0.1, 0.15) is 48.8 Å². The van der Waals surface area contributed by atoms with Gasteiger partial charge in [0.25, 0.3) is 0 Å². The van der Waals surface area contributed by atoms with E-state index in [0.717, 1.165) is 35.0 Å². The molecular formula is C25H24ClF2NO4. The Labute approximate surface area is 194 Å². The highest BCUT2D eigenvalue weighted by Gasteiger charge is 2.52. The Balaban J connectivity index is 1.75. The third-order valence-corrected chi connectivity index (χ3v) is 7.48. The molecule has 33 heavy (non-hydrogen) atoms. The van der Waals surface area contributed by atoms with Gasteiger partial charge in [-0.25, -0.2) is 8.78 Å². The molecule has 0 bridgehead atoms. The SMILES string of the molecule is O=C(O)C1(CF)CC(c2c(C3CCOCC3)n(-c3ccc(F)c(Cl)c3)c3ccc(O)cc23)C1. The number of alkyl halides is 1. The number of phenols is 1. The first-order valence-corrected chi connectivity index (χ1v) is 11.4. The summed E-state index contributed by atoms with van der Waals surface area (Å²) in [6.45, 7) is 0.271. The van der Waals surface area contributed by atoms with Gasteiger partial charge in [0, 0.05) is 35.9 Å². The van der Waals surface area contributed by atoms with Crippen LogP contribution in [0.5, 0.6) is 5.75 Å². The van der Waals surface area contributed by atoms with E-state index in [4.69, 9.17) is 16.3 Å². The van der Waals surface area contributed by atoms with E-state index in [-0.39, 0.29) is 35.4 Å². The second-order valence-corrected chi connectivity index (χ2v) is 9.55. The number of phenolic OH excluding ortho intramolecular Hbond substituents is 1. The number of rotatable bonds is 5. The molecule has 2 fully saturated rings. The van der Waals surface area contributed by atoms with Crippen LogP contribution in [0.2, 0.25) is 5.02 Å². The molecule has 0 atom stereocenters. The van der Waals surface area contributed by atoms with E-state index in [9.17, 15) is 23.8 Å². The summed E-state index contributed by atoms with van der Waals surface area (Å²) in [6.07, 6.45) is 1.91. The molecule has 1 saturated carbocycles. The topological polar surface area (TPSA) is 71.7 Å². The Morgan fingerprint density at radius 2 is 1.88 bits per heavy atom. The summed E-state index contributed by atoms with van der Waals surface area (Å²) in [4.78, 5) is 11.8. The molecule has 3 aromatic rings. The quantitative estimate of drug-likeness (QED) is 0.479. The molecule has 1 aromatic heterocycles. The highest BCUT2D eigenvalue weighted by atomic mass is 35.5. The molecule has 8 heteroatoms. The van der Waals surface area contributed by atoms with Gasteiger partial charge in [-0.1, -0.05) is 11.6 Å². The van der Waals surface area contributed by atoms with Gasteiger partial charge in [-0.05, 0) is 73.6 Å². The third kappa shape index (κ3) is 3.58. The molecule has 5 rings (SSSR count). The molecule has 0 radical (unpaired) electrons. The average Bonchev–Trinajstić information content (AvgIpc) is 3.10. The number of hydrogen-bond acceptors (Lipinski definition) is 3. The summed E-state index contributed by atoms with van der Waals surface area (Å²) in [6, 6.07) is 9.60. The molecule has 5 nitrogen and oxygen atoms in total. The van der Waals surface area contributed by atoms with Crippen molar-refractivity contribution in [2.75, 3.05) is 19.9 Å². The minimum absolute atomic E-state index is 0.00132. The minimum atomic E-state index is -1.37. The van der Waals surface area contributed by atoms with E-state index in [1.165, 1.54) is 6.07 Å². The molecule has 1 aliphatic heterocycles. The zero-order valence-electron chi connectivity index (χ0n) is 17.9. The number of nitrogens with zero attached hydrogens (tertiary/aromatic N) is 1. The maximum atomic E-state index is 14.0. The Bertz CT molecular complexity index is 1230. The van der Waals surface area contributed by atoms with E-state index >= 15 is 0 Å². The van der Waals surface area contributed by atoms with Crippen LogP contribution in [0.3, 0.4) is 0 Å². The fraction of sp³-hybridized carbons (Fsp3) is 0.400. The Morgan fingerprint density at radius 3 is 2.52 bits per heavy atom. The van der Waals surface area contributed by atoms with E-state index in [0.29, 0.717) is 18.9 Å². The molecule has 0 amide bonds. The fourth-order valence-corrected chi connectivity index (χ4v) is 5.63. The number of carboxylic acid groups (broad SMARTS) is 1. The van der Waals surface area contributed by atoms with Gasteiger partial charge >= 0.3 is 5.97 Å². The molecule has 0 spiro atoms. The van der Waals surface area contributed by atoms with Gasteiger partial charge in [0.1, 0.15) is 18.2 Å². The van der Waals surface area contributed by atoms with E-state index < -0.39 is 23.9 Å². The third-order valence-electron chi connectivity index (χ3n) is 7.19. The number of carbonyl (C=O) groups is 1. The van der Waals surface area contributed by atoms with Gasteiger partial charge in [0.05, 0.1) is 16.0 Å². The normalized spacial score (nSPS) is 23.5. The highest BCUT2D eigenvalue weighted by molar-refractivity contribution is 6.30. The average molecular weight is 476 g/mol. The smallest absolute Gasteiger partial charge is 0.312 e. The summed E-state index contributed by atoms with van der Waals surface area (Å²) in [5, 5.41) is 20.7. The van der Waals surface area contributed by atoms with Gasteiger partial charge in [-0.2, -0.15) is 0 Å². The molecule has 2 aliphatic rings. The largest absolute Gasteiger partial charge is 0.508 e. The fourth-order valence-electron chi connectivity index (χ4n) is 5.46. The summed E-state index contributed by atoms with van der Waals surface area (Å²) in [7, 11) is 0.